The summed E-state index contributed by atoms with van der Waals surface area (Å²) in [5, 5.41) is 8.05. The molecule has 2 aromatic heterocycles. The van der Waals surface area contributed by atoms with E-state index in [0.29, 0.717) is 23.3 Å². The Morgan fingerprint density at radius 1 is 1.09 bits per heavy atom. The zero-order valence-electron chi connectivity index (χ0n) is 12.0. The summed E-state index contributed by atoms with van der Waals surface area (Å²) in [6, 6.07) is 5.92. The fourth-order valence-corrected chi connectivity index (χ4v) is 2.27. The number of hydrogen-bond donors (Lipinski definition) is 0. The topological polar surface area (TPSA) is 64.7 Å². The van der Waals surface area contributed by atoms with Gasteiger partial charge in [0.15, 0.2) is 0 Å². The van der Waals surface area contributed by atoms with Gasteiger partial charge in [-0.2, -0.15) is 0 Å². The summed E-state index contributed by atoms with van der Waals surface area (Å²) < 4.78 is 18.6. The van der Waals surface area contributed by atoms with Crippen LogP contribution in [0.2, 0.25) is 0 Å². The van der Waals surface area contributed by atoms with E-state index in [-0.39, 0.29) is 5.82 Å². The van der Waals surface area contributed by atoms with Crippen molar-refractivity contribution in [1.82, 2.24) is 20.2 Å². The predicted octanol–water partition coefficient (Wildman–Crippen LogP) is 3.52. The molecule has 0 bridgehead atoms. The molecular weight excluding hydrogens is 283 g/mol. The third-order valence-electron chi connectivity index (χ3n) is 3.69. The number of benzene rings is 1. The van der Waals surface area contributed by atoms with Crippen LogP contribution in [0.15, 0.2) is 34.9 Å². The minimum absolute atomic E-state index is 0.302. The van der Waals surface area contributed by atoms with Gasteiger partial charge >= 0.3 is 0 Å². The van der Waals surface area contributed by atoms with Gasteiger partial charge in [0.05, 0.1) is 11.3 Å². The van der Waals surface area contributed by atoms with E-state index >= 15 is 0 Å². The van der Waals surface area contributed by atoms with Gasteiger partial charge < -0.3 is 4.42 Å². The molecule has 5 nitrogen and oxygen atoms in total. The fourth-order valence-electron chi connectivity index (χ4n) is 2.27. The van der Waals surface area contributed by atoms with Gasteiger partial charge in [0.25, 0.3) is 5.89 Å². The number of nitrogens with zero attached hydrogens (tertiary/aromatic N) is 4. The summed E-state index contributed by atoms with van der Waals surface area (Å²) >= 11 is 0. The molecule has 6 heteroatoms. The van der Waals surface area contributed by atoms with Crippen molar-refractivity contribution in [3.05, 3.63) is 47.8 Å². The van der Waals surface area contributed by atoms with E-state index in [9.17, 15) is 4.39 Å². The molecule has 110 valence electrons. The zero-order chi connectivity index (χ0) is 15.1. The molecule has 4 rings (SSSR count). The Kier molecular flexibility index (Phi) is 2.96. The highest BCUT2D eigenvalue weighted by molar-refractivity contribution is 5.58. The highest BCUT2D eigenvalue weighted by Gasteiger charge is 2.27. The normalized spacial score (nSPS) is 14.3. The summed E-state index contributed by atoms with van der Waals surface area (Å²) in [5.74, 6) is 1.81. The van der Waals surface area contributed by atoms with Gasteiger partial charge in [-0.15, -0.1) is 10.2 Å². The van der Waals surface area contributed by atoms with Gasteiger partial charge in [0.2, 0.25) is 5.89 Å². The van der Waals surface area contributed by atoms with E-state index in [0.717, 1.165) is 29.9 Å². The number of rotatable bonds is 3. The van der Waals surface area contributed by atoms with Crippen LogP contribution >= 0.6 is 0 Å². The van der Waals surface area contributed by atoms with Crippen LogP contribution in [0.3, 0.4) is 0 Å². The number of aromatic nitrogens is 4. The molecular formula is C16H13FN4O. The van der Waals surface area contributed by atoms with Crippen molar-refractivity contribution in [3.8, 4) is 22.9 Å². The standard InChI is InChI=1S/C16H13FN4O/c1-9-13(8-18-14(19-9)10-2-3-10)16-21-20-15(22-16)11-4-6-12(17)7-5-11/h4-8,10H,2-3H2,1H3. The molecule has 0 radical (unpaired) electrons. The largest absolute Gasteiger partial charge is 0.416 e. The third-order valence-corrected chi connectivity index (χ3v) is 3.69. The second-order valence-electron chi connectivity index (χ2n) is 5.42. The highest BCUT2D eigenvalue weighted by atomic mass is 19.1. The van der Waals surface area contributed by atoms with E-state index < -0.39 is 0 Å². The van der Waals surface area contributed by atoms with Crippen molar-refractivity contribution >= 4 is 0 Å². The van der Waals surface area contributed by atoms with Crippen LogP contribution in [-0.2, 0) is 0 Å². The van der Waals surface area contributed by atoms with E-state index in [1.165, 1.54) is 12.1 Å². The molecule has 0 saturated heterocycles. The van der Waals surface area contributed by atoms with Gasteiger partial charge in [0.1, 0.15) is 11.6 Å². The summed E-state index contributed by atoms with van der Waals surface area (Å²) in [4.78, 5) is 8.90. The summed E-state index contributed by atoms with van der Waals surface area (Å²) in [5.41, 5.74) is 2.23. The summed E-state index contributed by atoms with van der Waals surface area (Å²) in [7, 11) is 0. The van der Waals surface area contributed by atoms with Crippen LogP contribution in [0.1, 0.15) is 30.3 Å². The quantitative estimate of drug-likeness (QED) is 0.740. The second-order valence-corrected chi connectivity index (χ2v) is 5.42. The van der Waals surface area contributed by atoms with E-state index in [2.05, 4.69) is 20.2 Å². The maximum absolute atomic E-state index is 13.0. The van der Waals surface area contributed by atoms with Crippen molar-refractivity contribution in [2.24, 2.45) is 0 Å². The smallest absolute Gasteiger partial charge is 0.251 e. The van der Waals surface area contributed by atoms with E-state index in [1.807, 2.05) is 6.92 Å². The molecule has 1 aliphatic carbocycles. The van der Waals surface area contributed by atoms with Gasteiger partial charge in [-0.05, 0) is 44.0 Å². The molecule has 0 spiro atoms. The minimum Gasteiger partial charge on any atom is -0.416 e. The summed E-state index contributed by atoms with van der Waals surface area (Å²) in [6.45, 7) is 1.91. The first kappa shape index (κ1) is 13.1. The minimum atomic E-state index is -0.302. The second kappa shape index (κ2) is 4.98. The maximum atomic E-state index is 13.0. The average molecular weight is 296 g/mol. The molecule has 0 N–H and O–H groups in total. The lowest BCUT2D eigenvalue weighted by atomic mass is 10.2. The zero-order valence-corrected chi connectivity index (χ0v) is 12.0. The molecule has 0 unspecified atom stereocenters. The molecule has 1 saturated carbocycles. The summed E-state index contributed by atoms with van der Waals surface area (Å²) in [6.07, 6.45) is 4.06. The lowest BCUT2D eigenvalue weighted by molar-refractivity contribution is 0.582. The SMILES string of the molecule is Cc1nc(C2CC2)ncc1-c1nnc(-c2ccc(F)cc2)o1. The van der Waals surface area contributed by atoms with Crippen molar-refractivity contribution in [1.29, 1.82) is 0 Å². The molecule has 3 aromatic rings. The van der Waals surface area contributed by atoms with Crippen LogP contribution in [0, 0.1) is 12.7 Å². The Balaban J connectivity index is 1.67. The Morgan fingerprint density at radius 3 is 2.50 bits per heavy atom. The molecule has 2 heterocycles. The van der Waals surface area contributed by atoms with Crippen molar-refractivity contribution < 1.29 is 8.81 Å². The van der Waals surface area contributed by atoms with Crippen LogP contribution in [-0.4, -0.2) is 20.2 Å². The van der Waals surface area contributed by atoms with Crippen LogP contribution in [0.5, 0.6) is 0 Å². The predicted molar refractivity (Wildman–Crippen MR) is 77.4 cm³/mol. The first-order chi connectivity index (χ1) is 10.7. The van der Waals surface area contributed by atoms with Gasteiger partial charge in [-0.1, -0.05) is 0 Å². The maximum Gasteiger partial charge on any atom is 0.251 e. The lowest BCUT2D eigenvalue weighted by Gasteiger charge is -2.02. The van der Waals surface area contributed by atoms with E-state index in [1.54, 1.807) is 18.3 Å². The molecule has 0 atom stereocenters. The molecule has 1 aliphatic rings. The average Bonchev–Trinajstić information content (AvgIpc) is 3.26. The Hall–Kier alpha value is -2.63. The van der Waals surface area contributed by atoms with Crippen LogP contribution < -0.4 is 0 Å². The first-order valence-electron chi connectivity index (χ1n) is 7.14. The lowest BCUT2D eigenvalue weighted by Crippen LogP contribution is -1.97. The fraction of sp³-hybridized carbons (Fsp3) is 0.250. The Morgan fingerprint density at radius 2 is 1.82 bits per heavy atom. The number of aryl methyl sites for hydroxylation is 1. The van der Waals surface area contributed by atoms with Crippen LogP contribution in [0.25, 0.3) is 22.9 Å². The Labute approximate surface area is 126 Å². The first-order valence-corrected chi connectivity index (χ1v) is 7.14. The van der Waals surface area contributed by atoms with E-state index in [4.69, 9.17) is 4.42 Å². The van der Waals surface area contributed by atoms with Crippen LogP contribution in [0.4, 0.5) is 4.39 Å². The Bertz CT molecular complexity index is 824. The molecule has 1 aromatic carbocycles. The van der Waals surface area contributed by atoms with Crippen molar-refractivity contribution in [2.75, 3.05) is 0 Å². The molecule has 0 aliphatic heterocycles. The molecule has 22 heavy (non-hydrogen) atoms. The monoisotopic (exact) mass is 296 g/mol. The molecule has 0 amide bonds. The van der Waals surface area contributed by atoms with Crippen molar-refractivity contribution in [3.63, 3.8) is 0 Å². The van der Waals surface area contributed by atoms with Gasteiger partial charge in [0, 0.05) is 17.7 Å². The van der Waals surface area contributed by atoms with Crippen molar-refractivity contribution in [2.45, 2.75) is 25.7 Å². The number of halogens is 1. The van der Waals surface area contributed by atoms with Gasteiger partial charge in [-0.3, -0.25) is 0 Å². The highest BCUT2D eigenvalue weighted by Crippen LogP contribution is 2.38. The molecule has 1 fully saturated rings. The third kappa shape index (κ3) is 2.36. The number of hydrogen-bond acceptors (Lipinski definition) is 5. The van der Waals surface area contributed by atoms with Gasteiger partial charge in [-0.25, -0.2) is 14.4 Å².